The van der Waals surface area contributed by atoms with E-state index in [1.807, 2.05) is 36.4 Å². The third-order valence-electron chi connectivity index (χ3n) is 8.34. The average Bonchev–Trinajstić information content (AvgIpc) is 3.76. The van der Waals surface area contributed by atoms with E-state index in [2.05, 4.69) is 21.3 Å². The number of fused-ring (bicyclic) bond motifs is 2. The van der Waals surface area contributed by atoms with Crippen molar-refractivity contribution in [3.05, 3.63) is 92.7 Å². The lowest BCUT2D eigenvalue weighted by Crippen LogP contribution is -2.36. The second-order valence-electron chi connectivity index (χ2n) is 11.7. The number of aliphatic hydroxyl groups is 1. The highest BCUT2D eigenvalue weighted by molar-refractivity contribution is 7.17. The molecule has 4 aromatic rings. The minimum absolute atomic E-state index is 0.361. The number of nitrogens with two attached hydrogens (primary N) is 2. The number of nitrogens with one attached hydrogen (secondary N) is 4. The molecule has 0 radical (unpaired) electrons. The highest BCUT2D eigenvalue weighted by Gasteiger charge is 2.42. The summed E-state index contributed by atoms with van der Waals surface area (Å²) >= 11 is 2.66. The van der Waals surface area contributed by atoms with Crippen LogP contribution >= 0.6 is 22.7 Å². The Morgan fingerprint density at radius 1 is 0.714 bits per heavy atom. The van der Waals surface area contributed by atoms with E-state index in [1.54, 1.807) is 24.3 Å². The van der Waals surface area contributed by atoms with Crippen molar-refractivity contribution < 1.29 is 33.8 Å². The summed E-state index contributed by atoms with van der Waals surface area (Å²) in [5.41, 5.74) is 14.9. The predicted octanol–water partition coefficient (Wildman–Crippen LogP) is 5.06. The zero-order chi connectivity index (χ0) is 34.5. The molecule has 3 aliphatic rings. The molecule has 1 unspecified atom stereocenters. The summed E-state index contributed by atoms with van der Waals surface area (Å²) in [4.78, 5) is 50.1. The van der Waals surface area contributed by atoms with Crippen molar-refractivity contribution in [1.29, 1.82) is 0 Å². The van der Waals surface area contributed by atoms with Crippen LogP contribution in [0.5, 0.6) is 0 Å². The summed E-state index contributed by atoms with van der Waals surface area (Å²) < 4.78 is 11.6. The van der Waals surface area contributed by atoms with Crippen LogP contribution in [0.1, 0.15) is 54.4 Å². The Balaban J connectivity index is 0.000000171. The molecule has 1 spiro atoms. The predicted molar refractivity (Wildman–Crippen MR) is 189 cm³/mol. The Hall–Kier alpha value is -4.80. The van der Waals surface area contributed by atoms with Crippen molar-refractivity contribution in [3.63, 3.8) is 0 Å². The number of thiophene rings is 2. The van der Waals surface area contributed by atoms with Crippen molar-refractivity contribution in [2.45, 2.75) is 50.4 Å². The Kier molecular flexibility index (Phi) is 10.3. The third-order valence-corrected chi connectivity index (χ3v) is 10.7. The Bertz CT molecular complexity index is 1860. The average molecular weight is 705 g/mol. The van der Waals surface area contributed by atoms with Crippen LogP contribution in [-0.2, 0) is 35.2 Å². The largest absolute Gasteiger partial charge is 0.393 e. The molecule has 6 amide bonds. The number of primary amides is 2. The van der Waals surface area contributed by atoms with Crippen molar-refractivity contribution in [3.8, 4) is 0 Å². The first-order valence-corrected chi connectivity index (χ1v) is 17.3. The second kappa shape index (κ2) is 14.8. The second-order valence-corrected chi connectivity index (χ2v) is 13.9. The van der Waals surface area contributed by atoms with Gasteiger partial charge in [0, 0.05) is 40.4 Å². The molecule has 1 saturated heterocycles. The Morgan fingerprint density at radius 2 is 1.20 bits per heavy atom. The van der Waals surface area contributed by atoms with E-state index in [-0.39, 0.29) is 0 Å². The van der Waals surface area contributed by atoms with Gasteiger partial charge in [-0.25, -0.2) is 9.59 Å². The smallest absolute Gasteiger partial charge is 0.324 e. The fraction of sp³-hybridized carbons (Fsp3) is 0.294. The maximum Gasteiger partial charge on any atom is 0.324 e. The highest BCUT2D eigenvalue weighted by Crippen LogP contribution is 2.43. The molecule has 2 aromatic heterocycles. The number of urea groups is 2. The van der Waals surface area contributed by atoms with Gasteiger partial charge in [-0.2, -0.15) is 0 Å². The molecule has 0 bridgehead atoms. The van der Waals surface area contributed by atoms with Gasteiger partial charge in [-0.05, 0) is 54.7 Å². The van der Waals surface area contributed by atoms with Gasteiger partial charge < -0.3 is 36.7 Å². The minimum atomic E-state index is -0.601. The summed E-state index contributed by atoms with van der Waals surface area (Å²) in [5.74, 6) is -1.70. The van der Waals surface area contributed by atoms with Gasteiger partial charge in [-0.15, -0.1) is 22.7 Å². The van der Waals surface area contributed by atoms with Crippen LogP contribution in [0.2, 0.25) is 0 Å². The monoisotopic (exact) mass is 704 g/mol. The van der Waals surface area contributed by atoms with Crippen molar-refractivity contribution in [2.75, 3.05) is 34.5 Å². The van der Waals surface area contributed by atoms with E-state index in [0.29, 0.717) is 84.2 Å². The summed E-state index contributed by atoms with van der Waals surface area (Å²) in [6, 6.07) is 17.3. The van der Waals surface area contributed by atoms with E-state index >= 15 is 0 Å². The summed E-state index contributed by atoms with van der Waals surface area (Å²) in [6.45, 7) is 1.15. The molecule has 2 aliphatic carbocycles. The topological polar surface area (TPSA) is 207 Å². The molecule has 256 valence electrons. The van der Waals surface area contributed by atoms with Gasteiger partial charge in [-0.3, -0.25) is 20.2 Å². The van der Waals surface area contributed by atoms with Gasteiger partial charge in [-0.1, -0.05) is 36.4 Å². The van der Waals surface area contributed by atoms with Crippen LogP contribution < -0.4 is 32.7 Å². The van der Waals surface area contributed by atoms with E-state index in [9.17, 15) is 24.3 Å². The quantitative estimate of drug-likeness (QED) is 0.145. The summed E-state index contributed by atoms with van der Waals surface area (Å²) in [7, 11) is 0. The zero-order valence-corrected chi connectivity index (χ0v) is 28.0. The third kappa shape index (κ3) is 7.92. The van der Waals surface area contributed by atoms with Crippen molar-refractivity contribution in [2.24, 2.45) is 11.5 Å². The van der Waals surface area contributed by atoms with Crippen LogP contribution in [0.25, 0.3) is 0 Å². The van der Waals surface area contributed by atoms with Gasteiger partial charge in [0.05, 0.1) is 30.4 Å². The van der Waals surface area contributed by atoms with Crippen molar-refractivity contribution in [1.82, 2.24) is 0 Å². The van der Waals surface area contributed by atoms with Crippen LogP contribution in [0.3, 0.4) is 0 Å². The molecule has 9 N–H and O–H groups in total. The van der Waals surface area contributed by atoms with Crippen LogP contribution in [0, 0.1) is 0 Å². The highest BCUT2D eigenvalue weighted by atomic mass is 32.1. The van der Waals surface area contributed by atoms with E-state index in [0.717, 1.165) is 20.9 Å². The lowest BCUT2D eigenvalue weighted by Gasteiger charge is -2.31. The normalized spacial score (nSPS) is 17.1. The van der Waals surface area contributed by atoms with E-state index < -0.39 is 35.8 Å². The maximum absolute atomic E-state index is 12.3. The molecule has 3 heterocycles. The molecule has 13 nitrogen and oxygen atoms in total. The SMILES string of the molecule is NC(=O)c1c(NC(=O)Nc2ccccc2)sc2c1CCC(O)C2.NC(=O)c1c(NC(=O)Nc2ccccc2)sc2c1CCC1(C2)OCCO1. The van der Waals surface area contributed by atoms with Gasteiger partial charge >= 0.3 is 12.1 Å². The number of benzene rings is 2. The number of anilines is 4. The lowest BCUT2D eigenvalue weighted by molar-refractivity contribution is -0.163. The van der Waals surface area contributed by atoms with Crippen LogP contribution in [-0.4, -0.2) is 54.1 Å². The van der Waals surface area contributed by atoms with Crippen LogP contribution in [0.15, 0.2) is 60.7 Å². The number of hydrogen-bond donors (Lipinski definition) is 7. The fourth-order valence-corrected chi connectivity index (χ4v) is 8.81. The first-order chi connectivity index (χ1) is 23.6. The number of hydrogen-bond acceptors (Lipinski definition) is 9. The number of para-hydroxylation sites is 2. The molecule has 49 heavy (non-hydrogen) atoms. The molecule has 15 heteroatoms. The molecule has 7 rings (SSSR count). The zero-order valence-electron chi connectivity index (χ0n) is 26.4. The molecular formula is C34H36N6O7S2. The fourth-order valence-electron chi connectivity index (χ4n) is 6.15. The Labute approximate surface area is 290 Å². The van der Waals surface area contributed by atoms with E-state index in [1.165, 1.54) is 22.7 Å². The van der Waals surface area contributed by atoms with Gasteiger partial charge in [0.25, 0.3) is 11.8 Å². The number of rotatable bonds is 6. The van der Waals surface area contributed by atoms with Crippen LogP contribution in [0.4, 0.5) is 31.0 Å². The van der Waals surface area contributed by atoms with Gasteiger partial charge in [0.2, 0.25) is 0 Å². The molecule has 1 fully saturated rings. The number of carbonyl (C=O) groups is 4. The molecule has 1 aliphatic heterocycles. The summed E-state index contributed by atoms with van der Waals surface area (Å²) in [5, 5.41) is 21.6. The van der Waals surface area contributed by atoms with Crippen molar-refractivity contribution >= 4 is 67.9 Å². The minimum Gasteiger partial charge on any atom is -0.393 e. The molecule has 1 atom stereocenters. The molecular weight excluding hydrogens is 669 g/mol. The summed E-state index contributed by atoms with van der Waals surface area (Å²) in [6.07, 6.45) is 3.14. The molecule has 2 aromatic carbocycles. The first kappa shape index (κ1) is 34.1. The van der Waals surface area contributed by atoms with Gasteiger partial charge in [0.15, 0.2) is 5.79 Å². The first-order valence-electron chi connectivity index (χ1n) is 15.7. The Morgan fingerprint density at radius 3 is 1.71 bits per heavy atom. The van der Waals surface area contributed by atoms with Gasteiger partial charge in [0.1, 0.15) is 10.0 Å². The maximum atomic E-state index is 12.3. The number of amides is 6. The standard InChI is InChI=1S/C18H19N3O4S.C16H17N3O3S/c19-15(22)14-12-6-7-18(24-8-9-25-18)10-13(12)26-16(14)21-17(23)20-11-4-2-1-3-5-11;17-14(21)13-11-7-6-10(20)8-12(11)23-15(13)19-16(22)18-9-4-2-1-3-5-9/h1-5H,6-10H2,(H2,19,22)(H2,20,21,23);1-5,10,20H,6-8H2,(H2,17,21)(H2,18,19,22). The lowest BCUT2D eigenvalue weighted by atomic mass is 9.90. The number of carbonyl (C=O) groups excluding carboxylic acids is 4. The molecule has 0 saturated carbocycles. The number of ether oxygens (including phenoxy) is 2. The number of aliphatic hydroxyl groups excluding tert-OH is 1. The van der Waals surface area contributed by atoms with E-state index in [4.69, 9.17) is 20.9 Å².